The van der Waals surface area contributed by atoms with Crippen LogP contribution in [-0.4, -0.2) is 44.8 Å². The highest BCUT2D eigenvalue weighted by Gasteiger charge is 2.33. The Kier molecular flexibility index (Phi) is 10.3. The van der Waals surface area contributed by atoms with E-state index in [0.29, 0.717) is 5.41 Å². The lowest BCUT2D eigenvalue weighted by atomic mass is 9.83. The number of hydrogen-bond donors (Lipinski definition) is 2. The summed E-state index contributed by atoms with van der Waals surface area (Å²) < 4.78 is 5.31. The molecule has 25 heavy (non-hydrogen) atoms. The molecule has 0 saturated heterocycles. The molecule has 0 amide bonds. The molecule has 0 radical (unpaired) electrons. The van der Waals surface area contributed by atoms with Crippen molar-refractivity contribution in [1.82, 2.24) is 15.6 Å². The molecule has 0 bridgehead atoms. The molecular weight excluding hydrogens is 427 g/mol. The summed E-state index contributed by atoms with van der Waals surface area (Å²) >= 11 is 0. The Labute approximate surface area is 169 Å². The van der Waals surface area contributed by atoms with Gasteiger partial charge in [0.2, 0.25) is 0 Å². The van der Waals surface area contributed by atoms with Crippen LogP contribution in [0.25, 0.3) is 0 Å². The molecule has 1 heterocycles. The Morgan fingerprint density at radius 1 is 1.32 bits per heavy atom. The Bertz CT molecular complexity index is 530. The van der Waals surface area contributed by atoms with E-state index in [-0.39, 0.29) is 24.0 Å². The fourth-order valence-electron chi connectivity index (χ4n) is 3.55. The van der Waals surface area contributed by atoms with E-state index in [4.69, 9.17) is 4.74 Å². The fraction of sp³-hybridized carbons (Fsp3) is 0.684. The quantitative estimate of drug-likeness (QED) is 0.355. The van der Waals surface area contributed by atoms with Crippen LogP contribution in [-0.2, 0) is 11.2 Å². The topological polar surface area (TPSA) is 58.5 Å². The second kappa shape index (κ2) is 11.7. The Hall–Kier alpha value is -0.890. The van der Waals surface area contributed by atoms with E-state index in [0.717, 1.165) is 38.5 Å². The molecule has 1 aliphatic rings. The monoisotopic (exact) mass is 460 g/mol. The third-order valence-corrected chi connectivity index (χ3v) is 5.18. The summed E-state index contributed by atoms with van der Waals surface area (Å²) in [5.41, 5.74) is 2.95. The number of aliphatic imine (C=N–C) groups is 1. The minimum Gasteiger partial charge on any atom is -0.385 e. The smallest absolute Gasteiger partial charge is 0.191 e. The largest absolute Gasteiger partial charge is 0.385 e. The molecule has 0 unspecified atom stereocenters. The van der Waals surface area contributed by atoms with Crippen LogP contribution in [0, 0.1) is 12.3 Å². The van der Waals surface area contributed by atoms with E-state index in [1.54, 1.807) is 7.11 Å². The summed E-state index contributed by atoms with van der Waals surface area (Å²) in [5.74, 6) is 0.894. The van der Waals surface area contributed by atoms with Crippen molar-refractivity contribution in [2.45, 2.75) is 45.4 Å². The SMILES string of the molecule is CN=C(NCCc1ccncc1C)NCC1(CCOC)CCCC1.I. The molecule has 1 fully saturated rings. The van der Waals surface area contributed by atoms with E-state index in [1.807, 2.05) is 19.4 Å². The zero-order valence-corrected chi connectivity index (χ0v) is 18.1. The Morgan fingerprint density at radius 3 is 2.72 bits per heavy atom. The summed E-state index contributed by atoms with van der Waals surface area (Å²) in [6.07, 6.45) is 11.1. The average molecular weight is 460 g/mol. The molecular formula is C19H33IN4O. The van der Waals surface area contributed by atoms with Gasteiger partial charge >= 0.3 is 0 Å². The molecule has 142 valence electrons. The zero-order chi connectivity index (χ0) is 17.3. The molecule has 1 aliphatic carbocycles. The van der Waals surface area contributed by atoms with Crippen LogP contribution in [0.3, 0.4) is 0 Å². The highest BCUT2D eigenvalue weighted by Crippen LogP contribution is 2.40. The van der Waals surface area contributed by atoms with Crippen molar-refractivity contribution in [2.75, 3.05) is 33.9 Å². The number of halogens is 1. The van der Waals surface area contributed by atoms with Gasteiger partial charge in [-0.1, -0.05) is 12.8 Å². The minimum absolute atomic E-state index is 0. The third kappa shape index (κ3) is 7.09. The number of methoxy groups -OCH3 is 1. The maximum absolute atomic E-state index is 5.31. The number of aryl methyl sites for hydroxylation is 1. The first-order chi connectivity index (χ1) is 11.7. The number of pyridine rings is 1. The predicted molar refractivity (Wildman–Crippen MR) is 115 cm³/mol. The Balaban J connectivity index is 0.00000312. The van der Waals surface area contributed by atoms with Crippen molar-refractivity contribution in [3.05, 3.63) is 29.6 Å². The lowest BCUT2D eigenvalue weighted by Crippen LogP contribution is -2.44. The average Bonchev–Trinajstić information content (AvgIpc) is 3.07. The van der Waals surface area contributed by atoms with Gasteiger partial charge in [-0.05, 0) is 55.2 Å². The number of nitrogens with one attached hydrogen (secondary N) is 2. The molecule has 1 saturated carbocycles. The van der Waals surface area contributed by atoms with E-state index in [2.05, 4.69) is 33.6 Å². The van der Waals surface area contributed by atoms with Crippen molar-refractivity contribution < 1.29 is 4.74 Å². The van der Waals surface area contributed by atoms with Gasteiger partial charge in [0, 0.05) is 46.2 Å². The lowest BCUT2D eigenvalue weighted by Gasteiger charge is -2.30. The van der Waals surface area contributed by atoms with Gasteiger partial charge in [-0.15, -0.1) is 24.0 Å². The lowest BCUT2D eigenvalue weighted by molar-refractivity contribution is 0.138. The van der Waals surface area contributed by atoms with Gasteiger partial charge in [-0.3, -0.25) is 9.98 Å². The molecule has 0 aliphatic heterocycles. The third-order valence-electron chi connectivity index (χ3n) is 5.18. The summed E-state index contributed by atoms with van der Waals surface area (Å²) in [6.45, 7) is 4.80. The van der Waals surface area contributed by atoms with E-state index in [9.17, 15) is 0 Å². The highest BCUT2D eigenvalue weighted by atomic mass is 127. The van der Waals surface area contributed by atoms with Crippen molar-refractivity contribution in [3.63, 3.8) is 0 Å². The normalized spacial score (nSPS) is 16.4. The minimum atomic E-state index is 0. The van der Waals surface area contributed by atoms with Gasteiger partial charge in [0.25, 0.3) is 0 Å². The van der Waals surface area contributed by atoms with Crippen LogP contribution in [0.2, 0.25) is 0 Å². The van der Waals surface area contributed by atoms with E-state index >= 15 is 0 Å². The molecule has 1 aromatic heterocycles. The van der Waals surface area contributed by atoms with Crippen LogP contribution >= 0.6 is 24.0 Å². The first kappa shape index (κ1) is 22.2. The van der Waals surface area contributed by atoms with Gasteiger partial charge in [0.05, 0.1) is 0 Å². The summed E-state index contributed by atoms with van der Waals surface area (Å²) in [7, 11) is 3.63. The number of aromatic nitrogens is 1. The molecule has 2 rings (SSSR count). The summed E-state index contributed by atoms with van der Waals surface area (Å²) in [5, 5.41) is 6.96. The molecule has 6 heteroatoms. The number of rotatable bonds is 8. The maximum atomic E-state index is 5.31. The van der Waals surface area contributed by atoms with Gasteiger partial charge < -0.3 is 15.4 Å². The van der Waals surface area contributed by atoms with Gasteiger partial charge in [-0.25, -0.2) is 0 Å². The summed E-state index contributed by atoms with van der Waals surface area (Å²) in [6, 6.07) is 2.09. The van der Waals surface area contributed by atoms with Gasteiger partial charge in [0.1, 0.15) is 0 Å². The van der Waals surface area contributed by atoms with Crippen LogP contribution < -0.4 is 10.6 Å². The van der Waals surface area contributed by atoms with Crippen molar-refractivity contribution >= 4 is 29.9 Å². The Morgan fingerprint density at radius 2 is 2.08 bits per heavy atom. The van der Waals surface area contributed by atoms with Crippen molar-refractivity contribution in [3.8, 4) is 0 Å². The summed E-state index contributed by atoms with van der Waals surface area (Å²) in [4.78, 5) is 8.51. The van der Waals surface area contributed by atoms with Gasteiger partial charge in [0.15, 0.2) is 5.96 Å². The van der Waals surface area contributed by atoms with E-state index < -0.39 is 0 Å². The number of guanidine groups is 1. The molecule has 2 N–H and O–H groups in total. The van der Waals surface area contributed by atoms with Crippen molar-refractivity contribution in [1.29, 1.82) is 0 Å². The maximum Gasteiger partial charge on any atom is 0.191 e. The molecule has 0 spiro atoms. The predicted octanol–water partition coefficient (Wildman–Crippen LogP) is 3.31. The first-order valence-corrected chi connectivity index (χ1v) is 9.02. The van der Waals surface area contributed by atoms with Crippen LogP contribution in [0.4, 0.5) is 0 Å². The molecule has 0 aromatic carbocycles. The highest BCUT2D eigenvalue weighted by molar-refractivity contribution is 14.0. The number of ether oxygens (including phenoxy) is 1. The molecule has 1 aromatic rings. The molecule has 5 nitrogen and oxygen atoms in total. The fourth-order valence-corrected chi connectivity index (χ4v) is 3.55. The standard InChI is InChI=1S/C19H32N4O.HI/c1-16-14-21-11-6-17(16)7-12-22-18(20-2)23-15-19(10-13-24-3)8-4-5-9-19;/h6,11,14H,4-5,7-10,12-13,15H2,1-3H3,(H2,20,22,23);1H. The second-order valence-electron chi connectivity index (χ2n) is 6.85. The van der Waals surface area contributed by atoms with Gasteiger partial charge in [-0.2, -0.15) is 0 Å². The van der Waals surface area contributed by atoms with Crippen molar-refractivity contribution in [2.24, 2.45) is 10.4 Å². The second-order valence-corrected chi connectivity index (χ2v) is 6.85. The molecule has 0 atom stereocenters. The van der Waals surface area contributed by atoms with Crippen LogP contribution in [0.15, 0.2) is 23.5 Å². The first-order valence-electron chi connectivity index (χ1n) is 9.02. The van der Waals surface area contributed by atoms with Crippen LogP contribution in [0.1, 0.15) is 43.2 Å². The van der Waals surface area contributed by atoms with Crippen LogP contribution in [0.5, 0.6) is 0 Å². The van der Waals surface area contributed by atoms with E-state index in [1.165, 1.54) is 36.8 Å². The number of nitrogens with zero attached hydrogens (tertiary/aromatic N) is 2. The number of hydrogen-bond acceptors (Lipinski definition) is 3. The zero-order valence-electron chi connectivity index (χ0n) is 15.8.